The molecule has 0 heterocycles. The number of hydrogen-bond donors (Lipinski definition) is 1. The fraction of sp³-hybridized carbons (Fsp3) is 0.0909. The summed E-state index contributed by atoms with van der Waals surface area (Å²) in [5.41, 5.74) is 3.28. The molecular formula is C22H18N2O2. The molecule has 0 aromatic heterocycles. The minimum atomic E-state index is -0.269. The summed E-state index contributed by atoms with van der Waals surface area (Å²) in [4.78, 5) is 12.1. The third kappa shape index (κ3) is 4.71. The lowest BCUT2D eigenvalue weighted by atomic mass is 10.0. The van der Waals surface area contributed by atoms with Crippen LogP contribution in [0, 0.1) is 11.3 Å². The molecule has 128 valence electrons. The van der Waals surface area contributed by atoms with Gasteiger partial charge in [0.25, 0.3) is 5.91 Å². The van der Waals surface area contributed by atoms with Crippen LogP contribution in [0.1, 0.15) is 16.7 Å². The van der Waals surface area contributed by atoms with E-state index in [9.17, 15) is 4.79 Å². The molecular weight excluding hydrogens is 324 g/mol. The summed E-state index contributed by atoms with van der Waals surface area (Å²) in [6.07, 6.45) is 0.739. The van der Waals surface area contributed by atoms with Gasteiger partial charge in [0, 0.05) is 12.1 Å². The van der Waals surface area contributed by atoms with Crippen LogP contribution in [0.2, 0.25) is 0 Å². The van der Waals surface area contributed by atoms with Crippen molar-refractivity contribution in [3.05, 3.63) is 95.6 Å². The first kappa shape index (κ1) is 17.2. The van der Waals surface area contributed by atoms with E-state index in [2.05, 4.69) is 17.4 Å². The molecule has 3 rings (SSSR count). The molecule has 0 radical (unpaired) electrons. The third-order valence-electron chi connectivity index (χ3n) is 3.84. The summed E-state index contributed by atoms with van der Waals surface area (Å²) in [6.45, 7) is -0.0947. The molecule has 0 bridgehead atoms. The number of carbonyl (C=O) groups is 1. The molecule has 0 spiro atoms. The van der Waals surface area contributed by atoms with Crippen LogP contribution in [-0.2, 0) is 11.2 Å². The Kier molecular flexibility index (Phi) is 5.64. The number of nitrogens with zero attached hydrogens (tertiary/aromatic N) is 1. The molecule has 0 saturated carbocycles. The average Bonchev–Trinajstić information content (AvgIpc) is 2.68. The maximum Gasteiger partial charge on any atom is 0.262 e. The monoisotopic (exact) mass is 342 g/mol. The molecule has 0 atom stereocenters. The predicted octanol–water partition coefficient (Wildman–Crippen LogP) is 4.17. The number of para-hydroxylation sites is 1. The van der Waals surface area contributed by atoms with Gasteiger partial charge in [-0.25, -0.2) is 0 Å². The van der Waals surface area contributed by atoms with Crippen molar-refractivity contribution >= 4 is 11.6 Å². The highest BCUT2D eigenvalue weighted by atomic mass is 16.5. The van der Waals surface area contributed by atoms with E-state index in [1.54, 1.807) is 24.3 Å². The Morgan fingerprint density at radius 2 is 1.73 bits per heavy atom. The van der Waals surface area contributed by atoms with Crippen molar-refractivity contribution < 1.29 is 9.53 Å². The Labute approximate surface area is 152 Å². The minimum absolute atomic E-state index is 0.0947. The predicted molar refractivity (Wildman–Crippen MR) is 101 cm³/mol. The molecule has 0 aliphatic carbocycles. The normalized spacial score (nSPS) is 9.96. The van der Waals surface area contributed by atoms with E-state index in [0.717, 1.165) is 12.0 Å². The molecule has 1 N–H and O–H groups in total. The van der Waals surface area contributed by atoms with Gasteiger partial charge < -0.3 is 10.1 Å². The van der Waals surface area contributed by atoms with Crippen molar-refractivity contribution in [2.75, 3.05) is 11.9 Å². The highest BCUT2D eigenvalue weighted by Crippen LogP contribution is 2.21. The van der Waals surface area contributed by atoms with E-state index in [0.29, 0.717) is 17.0 Å². The fourth-order valence-electron chi connectivity index (χ4n) is 2.61. The quantitative estimate of drug-likeness (QED) is 0.731. The van der Waals surface area contributed by atoms with Gasteiger partial charge in [-0.2, -0.15) is 5.26 Å². The van der Waals surface area contributed by atoms with Crippen LogP contribution in [0.4, 0.5) is 5.69 Å². The summed E-state index contributed by atoms with van der Waals surface area (Å²) in [5.74, 6) is 0.423. The molecule has 4 heteroatoms. The second kappa shape index (κ2) is 8.50. The van der Waals surface area contributed by atoms with Crippen LogP contribution in [0.5, 0.6) is 5.75 Å². The van der Waals surface area contributed by atoms with Crippen molar-refractivity contribution in [2.24, 2.45) is 0 Å². The number of amides is 1. The highest BCUT2D eigenvalue weighted by Gasteiger charge is 2.08. The van der Waals surface area contributed by atoms with Gasteiger partial charge in [0.15, 0.2) is 6.61 Å². The first-order chi connectivity index (χ1) is 12.7. The summed E-state index contributed by atoms with van der Waals surface area (Å²) < 4.78 is 5.72. The van der Waals surface area contributed by atoms with Gasteiger partial charge in [-0.05, 0) is 35.4 Å². The lowest BCUT2D eigenvalue weighted by Crippen LogP contribution is -2.20. The van der Waals surface area contributed by atoms with Crippen LogP contribution in [0.25, 0.3) is 0 Å². The van der Waals surface area contributed by atoms with E-state index >= 15 is 0 Å². The first-order valence-corrected chi connectivity index (χ1v) is 8.29. The molecule has 3 aromatic carbocycles. The zero-order valence-electron chi connectivity index (χ0n) is 14.2. The lowest BCUT2D eigenvalue weighted by molar-refractivity contribution is -0.118. The minimum Gasteiger partial charge on any atom is -0.483 e. The Balaban J connectivity index is 1.62. The van der Waals surface area contributed by atoms with E-state index in [-0.39, 0.29) is 12.5 Å². The van der Waals surface area contributed by atoms with Crippen molar-refractivity contribution in [1.29, 1.82) is 5.26 Å². The molecule has 0 aliphatic heterocycles. The van der Waals surface area contributed by atoms with Crippen LogP contribution >= 0.6 is 0 Å². The van der Waals surface area contributed by atoms with Crippen molar-refractivity contribution in [3.63, 3.8) is 0 Å². The Morgan fingerprint density at radius 1 is 0.962 bits per heavy atom. The molecule has 0 unspecified atom stereocenters. The maximum atomic E-state index is 12.1. The Morgan fingerprint density at radius 3 is 2.54 bits per heavy atom. The first-order valence-electron chi connectivity index (χ1n) is 8.29. The lowest BCUT2D eigenvalue weighted by Gasteiger charge is -2.12. The van der Waals surface area contributed by atoms with E-state index < -0.39 is 0 Å². The zero-order valence-corrected chi connectivity index (χ0v) is 14.2. The van der Waals surface area contributed by atoms with Crippen molar-refractivity contribution in [1.82, 2.24) is 0 Å². The molecule has 0 aliphatic rings. The smallest absolute Gasteiger partial charge is 0.262 e. The topological polar surface area (TPSA) is 62.1 Å². The number of rotatable bonds is 6. The van der Waals surface area contributed by atoms with Crippen molar-refractivity contribution in [2.45, 2.75) is 6.42 Å². The van der Waals surface area contributed by atoms with Gasteiger partial charge in [0.2, 0.25) is 0 Å². The van der Waals surface area contributed by atoms with Crippen molar-refractivity contribution in [3.8, 4) is 11.8 Å². The van der Waals surface area contributed by atoms with Gasteiger partial charge in [-0.1, -0.05) is 54.6 Å². The number of ether oxygens (including phenoxy) is 1. The van der Waals surface area contributed by atoms with Gasteiger partial charge in [-0.3, -0.25) is 4.79 Å². The number of benzene rings is 3. The summed E-state index contributed by atoms with van der Waals surface area (Å²) >= 11 is 0. The molecule has 1 amide bonds. The van der Waals surface area contributed by atoms with Gasteiger partial charge in [0.05, 0.1) is 11.6 Å². The number of carbonyl (C=O) groups excluding carboxylic acids is 1. The number of nitrogens with one attached hydrogen (secondary N) is 1. The molecule has 26 heavy (non-hydrogen) atoms. The van der Waals surface area contributed by atoms with Gasteiger partial charge in [0.1, 0.15) is 5.75 Å². The second-order valence-electron chi connectivity index (χ2n) is 5.80. The zero-order chi connectivity index (χ0) is 18.2. The largest absolute Gasteiger partial charge is 0.483 e. The molecule has 0 fully saturated rings. The highest BCUT2D eigenvalue weighted by molar-refractivity contribution is 5.92. The Bertz CT molecular complexity index is 930. The van der Waals surface area contributed by atoms with Crippen LogP contribution in [0.3, 0.4) is 0 Å². The summed E-state index contributed by atoms with van der Waals surface area (Å²) in [7, 11) is 0. The van der Waals surface area contributed by atoms with Gasteiger partial charge >= 0.3 is 0 Å². The van der Waals surface area contributed by atoms with E-state index in [4.69, 9.17) is 10.00 Å². The van der Waals surface area contributed by atoms with Crippen LogP contribution < -0.4 is 10.1 Å². The van der Waals surface area contributed by atoms with Crippen LogP contribution in [0.15, 0.2) is 78.9 Å². The summed E-state index contributed by atoms with van der Waals surface area (Å²) in [6, 6.07) is 26.6. The Hall–Kier alpha value is -3.58. The summed E-state index contributed by atoms with van der Waals surface area (Å²) in [5, 5.41) is 11.7. The molecule has 0 saturated heterocycles. The molecule has 4 nitrogen and oxygen atoms in total. The SMILES string of the molecule is N#Cc1cccc(NC(=O)COc2ccccc2Cc2ccccc2)c1. The number of hydrogen-bond acceptors (Lipinski definition) is 3. The third-order valence-corrected chi connectivity index (χ3v) is 3.84. The van der Waals surface area contributed by atoms with Crippen LogP contribution in [-0.4, -0.2) is 12.5 Å². The number of nitriles is 1. The standard InChI is InChI=1S/C22H18N2O2/c23-15-18-9-6-11-20(14-18)24-22(25)16-26-21-12-5-4-10-19(21)13-17-7-2-1-3-8-17/h1-12,14H,13,16H2,(H,24,25). The fourth-order valence-corrected chi connectivity index (χ4v) is 2.61. The maximum absolute atomic E-state index is 12.1. The average molecular weight is 342 g/mol. The molecule has 3 aromatic rings. The second-order valence-corrected chi connectivity index (χ2v) is 5.80. The van der Waals surface area contributed by atoms with E-state index in [1.165, 1.54) is 5.56 Å². The number of anilines is 1. The van der Waals surface area contributed by atoms with E-state index in [1.807, 2.05) is 48.5 Å². The van der Waals surface area contributed by atoms with Gasteiger partial charge in [-0.15, -0.1) is 0 Å².